The smallest absolute Gasteiger partial charge is 0.110 e. The van der Waals surface area contributed by atoms with Crippen LogP contribution in [0.1, 0.15) is 61.7 Å². The summed E-state index contributed by atoms with van der Waals surface area (Å²) >= 11 is 1.88. The highest BCUT2D eigenvalue weighted by Gasteiger charge is 2.20. The first-order valence-electron chi connectivity index (χ1n) is 7.34. The van der Waals surface area contributed by atoms with E-state index >= 15 is 0 Å². The Labute approximate surface area is 120 Å². The number of aryl methyl sites for hydroxylation is 2. The maximum atomic E-state index is 9.22. The molecule has 1 atom stereocenters. The van der Waals surface area contributed by atoms with E-state index in [0.717, 1.165) is 19.4 Å². The number of aliphatic hydroxyl groups excluding tert-OH is 1. The fourth-order valence-corrected chi connectivity index (χ4v) is 3.63. The van der Waals surface area contributed by atoms with Gasteiger partial charge in [-0.1, -0.05) is 13.8 Å². The third kappa shape index (κ3) is 4.01. The van der Waals surface area contributed by atoms with E-state index in [0.29, 0.717) is 6.04 Å². The summed E-state index contributed by atoms with van der Waals surface area (Å²) in [6.07, 6.45) is 5.83. The molecule has 0 bridgehead atoms. The lowest BCUT2D eigenvalue weighted by molar-refractivity contribution is 0.147. The van der Waals surface area contributed by atoms with Crippen LogP contribution in [0.25, 0.3) is 0 Å². The van der Waals surface area contributed by atoms with Gasteiger partial charge in [0.25, 0.3) is 0 Å². The second kappa shape index (κ2) is 6.33. The molecular weight excluding hydrogens is 256 g/mol. The maximum Gasteiger partial charge on any atom is 0.110 e. The van der Waals surface area contributed by atoms with E-state index in [1.54, 1.807) is 0 Å². The first-order chi connectivity index (χ1) is 9.02. The summed E-state index contributed by atoms with van der Waals surface area (Å²) in [4.78, 5) is 6.26. The first kappa shape index (κ1) is 14.9. The fraction of sp³-hybridized carbons (Fsp3) is 0.800. The van der Waals surface area contributed by atoms with Gasteiger partial charge in [-0.2, -0.15) is 0 Å². The van der Waals surface area contributed by atoms with Gasteiger partial charge in [-0.3, -0.25) is 0 Å². The standard InChI is InChI=1S/C15H26N2OS/c1-11(16-9-5-8-15(2,3)10-18)14-17-12-6-4-7-13(12)19-14/h11,16,18H,4-10H2,1-3H3. The van der Waals surface area contributed by atoms with Gasteiger partial charge in [-0.25, -0.2) is 4.98 Å². The summed E-state index contributed by atoms with van der Waals surface area (Å²) in [5.41, 5.74) is 1.39. The molecule has 1 aromatic rings. The van der Waals surface area contributed by atoms with E-state index in [2.05, 4.69) is 26.1 Å². The van der Waals surface area contributed by atoms with E-state index in [1.165, 1.54) is 34.8 Å². The third-order valence-electron chi connectivity index (χ3n) is 3.89. The Hall–Kier alpha value is -0.450. The Kier molecular flexibility index (Phi) is 4.98. The van der Waals surface area contributed by atoms with Gasteiger partial charge >= 0.3 is 0 Å². The lowest BCUT2D eigenvalue weighted by atomic mass is 9.89. The Bertz CT molecular complexity index is 393. The highest BCUT2D eigenvalue weighted by atomic mass is 32.1. The quantitative estimate of drug-likeness (QED) is 0.755. The van der Waals surface area contributed by atoms with Crippen LogP contribution in [0.3, 0.4) is 0 Å². The van der Waals surface area contributed by atoms with E-state index in [4.69, 9.17) is 4.98 Å². The molecule has 4 heteroatoms. The Morgan fingerprint density at radius 1 is 1.42 bits per heavy atom. The van der Waals surface area contributed by atoms with Crippen molar-refractivity contribution >= 4 is 11.3 Å². The maximum absolute atomic E-state index is 9.22. The summed E-state index contributed by atoms with van der Waals surface area (Å²) in [6, 6.07) is 0.354. The molecular formula is C15H26N2OS. The van der Waals surface area contributed by atoms with Crippen molar-refractivity contribution in [2.75, 3.05) is 13.2 Å². The van der Waals surface area contributed by atoms with Crippen molar-refractivity contribution in [3.8, 4) is 0 Å². The van der Waals surface area contributed by atoms with Gasteiger partial charge in [0, 0.05) is 11.5 Å². The van der Waals surface area contributed by atoms with Crippen molar-refractivity contribution in [2.45, 2.75) is 58.9 Å². The van der Waals surface area contributed by atoms with Crippen molar-refractivity contribution in [2.24, 2.45) is 5.41 Å². The largest absolute Gasteiger partial charge is 0.396 e. The number of hydrogen-bond acceptors (Lipinski definition) is 4. The molecule has 2 rings (SSSR count). The van der Waals surface area contributed by atoms with Gasteiger partial charge < -0.3 is 10.4 Å². The number of aromatic nitrogens is 1. The van der Waals surface area contributed by atoms with Gasteiger partial charge in [-0.15, -0.1) is 11.3 Å². The molecule has 0 aliphatic heterocycles. The summed E-state index contributed by atoms with van der Waals surface area (Å²) in [6.45, 7) is 7.69. The second-order valence-corrected chi connectivity index (χ2v) is 7.49. The van der Waals surface area contributed by atoms with Crippen LogP contribution in [0.2, 0.25) is 0 Å². The molecule has 0 saturated heterocycles. The normalized spacial score (nSPS) is 16.6. The number of rotatable bonds is 7. The van der Waals surface area contributed by atoms with E-state index in [-0.39, 0.29) is 12.0 Å². The summed E-state index contributed by atoms with van der Waals surface area (Å²) in [7, 11) is 0. The average Bonchev–Trinajstić information content (AvgIpc) is 2.95. The van der Waals surface area contributed by atoms with Crippen LogP contribution < -0.4 is 5.32 Å². The molecule has 1 aromatic heterocycles. The predicted octanol–water partition coefficient (Wildman–Crippen LogP) is 3.08. The molecule has 0 radical (unpaired) electrons. The van der Waals surface area contributed by atoms with Crippen LogP contribution in [-0.2, 0) is 12.8 Å². The lowest BCUT2D eigenvalue weighted by Crippen LogP contribution is -2.23. The molecule has 1 aliphatic carbocycles. The second-order valence-electron chi connectivity index (χ2n) is 6.38. The van der Waals surface area contributed by atoms with E-state index < -0.39 is 0 Å². The van der Waals surface area contributed by atoms with Crippen LogP contribution in [0, 0.1) is 5.41 Å². The monoisotopic (exact) mass is 282 g/mol. The third-order valence-corrected chi connectivity index (χ3v) is 5.23. The average molecular weight is 282 g/mol. The molecule has 0 saturated carbocycles. The zero-order chi connectivity index (χ0) is 13.9. The van der Waals surface area contributed by atoms with Crippen molar-refractivity contribution < 1.29 is 5.11 Å². The first-order valence-corrected chi connectivity index (χ1v) is 8.16. The SMILES string of the molecule is CC(NCCCC(C)(C)CO)c1nc2c(s1)CCC2. The molecule has 19 heavy (non-hydrogen) atoms. The Morgan fingerprint density at radius 3 is 2.89 bits per heavy atom. The number of thiazole rings is 1. The van der Waals surface area contributed by atoms with Crippen molar-refractivity contribution in [3.05, 3.63) is 15.6 Å². The minimum atomic E-state index is 0.0489. The predicted molar refractivity (Wildman–Crippen MR) is 80.7 cm³/mol. The van der Waals surface area contributed by atoms with E-state index in [1.807, 2.05) is 11.3 Å². The number of fused-ring (bicyclic) bond motifs is 1. The molecule has 1 unspecified atom stereocenters. The zero-order valence-electron chi connectivity index (χ0n) is 12.3. The molecule has 0 amide bonds. The van der Waals surface area contributed by atoms with Crippen LogP contribution in [-0.4, -0.2) is 23.2 Å². The molecule has 3 nitrogen and oxygen atoms in total. The van der Waals surface area contributed by atoms with Crippen molar-refractivity contribution in [1.29, 1.82) is 0 Å². The topological polar surface area (TPSA) is 45.1 Å². The van der Waals surface area contributed by atoms with Gasteiger partial charge in [-0.05, 0) is 51.0 Å². The fourth-order valence-electron chi connectivity index (χ4n) is 2.45. The molecule has 0 aromatic carbocycles. The summed E-state index contributed by atoms with van der Waals surface area (Å²) in [5.74, 6) is 0. The molecule has 1 aliphatic rings. The number of aliphatic hydroxyl groups is 1. The number of nitrogens with one attached hydrogen (secondary N) is 1. The molecule has 0 fully saturated rings. The van der Waals surface area contributed by atoms with E-state index in [9.17, 15) is 5.11 Å². The molecule has 1 heterocycles. The Balaban J connectivity index is 1.73. The van der Waals surface area contributed by atoms with Gasteiger partial charge in [0.15, 0.2) is 0 Å². The van der Waals surface area contributed by atoms with Crippen LogP contribution in [0.4, 0.5) is 0 Å². The van der Waals surface area contributed by atoms with Gasteiger partial charge in [0.05, 0.1) is 11.7 Å². The van der Waals surface area contributed by atoms with Crippen molar-refractivity contribution in [1.82, 2.24) is 10.3 Å². The van der Waals surface area contributed by atoms with Crippen molar-refractivity contribution in [3.63, 3.8) is 0 Å². The Morgan fingerprint density at radius 2 is 2.21 bits per heavy atom. The van der Waals surface area contributed by atoms with Crippen LogP contribution in [0.5, 0.6) is 0 Å². The minimum absolute atomic E-state index is 0.0489. The minimum Gasteiger partial charge on any atom is -0.396 e. The molecule has 108 valence electrons. The lowest BCUT2D eigenvalue weighted by Gasteiger charge is -2.21. The summed E-state index contributed by atoms with van der Waals surface area (Å²) < 4.78 is 0. The van der Waals surface area contributed by atoms with Crippen LogP contribution in [0.15, 0.2) is 0 Å². The van der Waals surface area contributed by atoms with Gasteiger partial charge in [0.2, 0.25) is 0 Å². The molecule has 0 spiro atoms. The summed E-state index contributed by atoms with van der Waals surface area (Å²) in [5, 5.41) is 14.0. The number of hydrogen-bond donors (Lipinski definition) is 2. The van der Waals surface area contributed by atoms with Crippen LogP contribution >= 0.6 is 11.3 Å². The highest BCUT2D eigenvalue weighted by molar-refractivity contribution is 7.11. The van der Waals surface area contributed by atoms with Gasteiger partial charge in [0.1, 0.15) is 5.01 Å². The highest BCUT2D eigenvalue weighted by Crippen LogP contribution is 2.30. The number of nitrogens with zero attached hydrogens (tertiary/aromatic N) is 1. The molecule has 2 N–H and O–H groups in total. The zero-order valence-corrected chi connectivity index (χ0v) is 13.1.